The molecule has 2 aromatic rings. The van der Waals surface area contributed by atoms with Crippen molar-refractivity contribution in [3.05, 3.63) is 53.3 Å². The Labute approximate surface area is 179 Å². The van der Waals surface area contributed by atoms with Gasteiger partial charge >= 0.3 is 6.18 Å². The number of hydrogen-bond donors (Lipinski definition) is 1. The number of hydrogen-bond acceptors (Lipinski definition) is 4. The molecule has 0 saturated carbocycles. The zero-order valence-corrected chi connectivity index (χ0v) is 17.5. The average Bonchev–Trinajstić information content (AvgIpc) is 3.34. The van der Waals surface area contributed by atoms with Crippen LogP contribution in [0.1, 0.15) is 47.3 Å². The number of carbonyl (C=O) groups excluding carboxylic acids is 1. The van der Waals surface area contributed by atoms with Crippen LogP contribution in [-0.2, 0) is 24.5 Å². The highest BCUT2D eigenvalue weighted by Crippen LogP contribution is 2.39. The lowest BCUT2D eigenvalue weighted by Crippen LogP contribution is -2.45. The van der Waals surface area contributed by atoms with Crippen molar-refractivity contribution in [3.8, 4) is 0 Å². The molecule has 168 valence electrons. The first kappa shape index (κ1) is 21.8. The van der Waals surface area contributed by atoms with E-state index in [1.165, 1.54) is 16.8 Å². The summed E-state index contributed by atoms with van der Waals surface area (Å²) in [6, 6.07) is 7.22. The fraction of sp³-hybridized carbons (Fsp3) is 0.545. The summed E-state index contributed by atoms with van der Waals surface area (Å²) < 4.78 is 46.7. The molecular weight excluding hydrogens is 409 g/mol. The van der Waals surface area contributed by atoms with Gasteiger partial charge in [0.25, 0.3) is 5.91 Å². The normalized spacial score (nSPS) is 21.5. The van der Waals surface area contributed by atoms with Gasteiger partial charge in [0.15, 0.2) is 0 Å². The zero-order valence-electron chi connectivity index (χ0n) is 17.5. The van der Waals surface area contributed by atoms with E-state index >= 15 is 0 Å². The van der Waals surface area contributed by atoms with Gasteiger partial charge in [-0.3, -0.25) is 14.4 Å². The highest BCUT2D eigenvalue weighted by Gasteiger charge is 2.42. The fourth-order valence-corrected chi connectivity index (χ4v) is 4.52. The van der Waals surface area contributed by atoms with E-state index in [1.54, 1.807) is 25.4 Å². The number of halogens is 3. The van der Waals surface area contributed by atoms with Crippen molar-refractivity contribution in [1.29, 1.82) is 0 Å². The quantitative estimate of drug-likeness (QED) is 0.781. The van der Waals surface area contributed by atoms with Crippen molar-refractivity contribution in [2.24, 2.45) is 7.05 Å². The molecule has 1 amide bonds. The maximum atomic E-state index is 12.9. The first-order chi connectivity index (χ1) is 14.7. The lowest BCUT2D eigenvalue weighted by molar-refractivity contribution is -0.137. The Morgan fingerprint density at radius 1 is 1.26 bits per heavy atom. The smallest absolute Gasteiger partial charge is 0.370 e. The van der Waals surface area contributed by atoms with E-state index in [-0.39, 0.29) is 17.6 Å². The molecule has 3 heterocycles. The monoisotopic (exact) mass is 436 g/mol. The van der Waals surface area contributed by atoms with E-state index in [9.17, 15) is 18.0 Å². The molecule has 0 aliphatic carbocycles. The Balaban J connectivity index is 1.25. The largest absolute Gasteiger partial charge is 0.416 e. The van der Waals surface area contributed by atoms with Gasteiger partial charge in [-0.05, 0) is 43.4 Å². The molecule has 4 rings (SSSR count). The molecule has 2 aliphatic heterocycles. The average molecular weight is 436 g/mol. The van der Waals surface area contributed by atoms with Crippen LogP contribution in [0.3, 0.4) is 0 Å². The minimum atomic E-state index is -4.32. The summed E-state index contributed by atoms with van der Waals surface area (Å²) in [4.78, 5) is 14.4. The summed E-state index contributed by atoms with van der Waals surface area (Å²) in [5, 5.41) is 6.93. The van der Waals surface area contributed by atoms with Crippen LogP contribution < -0.4 is 5.32 Å². The van der Waals surface area contributed by atoms with Gasteiger partial charge in [0.2, 0.25) is 0 Å². The summed E-state index contributed by atoms with van der Waals surface area (Å²) in [6.45, 7) is 2.53. The number of piperidine rings is 1. The van der Waals surface area contributed by atoms with Crippen molar-refractivity contribution in [3.63, 3.8) is 0 Å². The number of benzene rings is 1. The van der Waals surface area contributed by atoms with Crippen LogP contribution in [0.25, 0.3) is 0 Å². The molecule has 9 heteroatoms. The number of amides is 1. The van der Waals surface area contributed by atoms with Crippen LogP contribution in [0, 0.1) is 0 Å². The van der Waals surface area contributed by atoms with E-state index in [2.05, 4.69) is 15.3 Å². The van der Waals surface area contributed by atoms with Crippen molar-refractivity contribution >= 4 is 5.91 Å². The van der Waals surface area contributed by atoms with E-state index < -0.39 is 11.7 Å². The number of likely N-dealkylation sites (tertiary alicyclic amines) is 1. The van der Waals surface area contributed by atoms with Crippen LogP contribution in [-0.4, -0.2) is 51.9 Å². The molecule has 1 N–H and O–H groups in total. The van der Waals surface area contributed by atoms with Gasteiger partial charge in [0.1, 0.15) is 5.69 Å². The SMILES string of the molecule is Cn1nccc1C(=O)NCC1CCC2(CCN(Cc3cccc(C(F)(F)F)c3)CC2)O1. The summed E-state index contributed by atoms with van der Waals surface area (Å²) in [5.74, 6) is -0.166. The topological polar surface area (TPSA) is 59.4 Å². The van der Waals surface area contributed by atoms with Crippen molar-refractivity contribution in [2.45, 2.75) is 50.1 Å². The summed E-state index contributed by atoms with van der Waals surface area (Å²) >= 11 is 0. The molecule has 1 atom stereocenters. The van der Waals surface area contributed by atoms with Crippen LogP contribution in [0.5, 0.6) is 0 Å². The van der Waals surface area contributed by atoms with E-state index in [0.717, 1.165) is 44.8 Å². The van der Waals surface area contributed by atoms with Gasteiger partial charge in [-0.1, -0.05) is 18.2 Å². The molecule has 2 fully saturated rings. The van der Waals surface area contributed by atoms with Gasteiger partial charge in [-0.2, -0.15) is 18.3 Å². The Kier molecular flexibility index (Phi) is 6.07. The van der Waals surface area contributed by atoms with Gasteiger partial charge < -0.3 is 10.1 Å². The van der Waals surface area contributed by atoms with Gasteiger partial charge in [-0.25, -0.2) is 0 Å². The van der Waals surface area contributed by atoms with Gasteiger partial charge in [-0.15, -0.1) is 0 Å². The van der Waals surface area contributed by atoms with E-state index in [0.29, 0.717) is 24.3 Å². The summed E-state index contributed by atoms with van der Waals surface area (Å²) in [5.41, 5.74) is 0.393. The second kappa shape index (κ2) is 8.63. The third-order valence-corrected chi connectivity index (χ3v) is 6.31. The predicted octanol–water partition coefficient (Wildman–Crippen LogP) is 3.38. The van der Waals surface area contributed by atoms with Crippen LogP contribution in [0.4, 0.5) is 13.2 Å². The Morgan fingerprint density at radius 3 is 2.71 bits per heavy atom. The van der Waals surface area contributed by atoms with Crippen LogP contribution >= 0.6 is 0 Å². The molecule has 1 aromatic carbocycles. The molecule has 2 aliphatic rings. The summed E-state index contributed by atoms with van der Waals surface area (Å²) in [6.07, 6.45) is 0.767. The van der Waals surface area contributed by atoms with Crippen molar-refractivity contribution in [1.82, 2.24) is 20.0 Å². The molecule has 1 aromatic heterocycles. The Hall–Kier alpha value is -2.39. The number of carbonyl (C=O) groups is 1. The van der Waals surface area contributed by atoms with Crippen molar-refractivity contribution in [2.75, 3.05) is 19.6 Å². The number of nitrogens with zero attached hydrogens (tertiary/aromatic N) is 3. The molecule has 0 bridgehead atoms. The number of aryl methyl sites for hydroxylation is 1. The maximum absolute atomic E-state index is 12.9. The third kappa shape index (κ3) is 5.10. The number of nitrogens with one attached hydrogen (secondary N) is 1. The number of ether oxygens (including phenoxy) is 1. The van der Waals surface area contributed by atoms with E-state index in [1.807, 2.05) is 0 Å². The highest BCUT2D eigenvalue weighted by atomic mass is 19.4. The molecule has 1 unspecified atom stereocenters. The summed E-state index contributed by atoms with van der Waals surface area (Å²) in [7, 11) is 1.73. The standard InChI is InChI=1S/C22H27F3N4O2/c1-28-19(6-10-27-28)20(30)26-14-18-5-7-21(31-18)8-11-29(12-9-21)15-16-3-2-4-17(13-16)22(23,24)25/h2-4,6,10,13,18H,5,7-9,11-12,14-15H2,1H3,(H,26,30). The Bertz CT molecular complexity index is 919. The predicted molar refractivity (Wildman–Crippen MR) is 108 cm³/mol. The van der Waals surface area contributed by atoms with Gasteiger partial charge in [0.05, 0.1) is 17.3 Å². The lowest BCUT2D eigenvalue weighted by Gasteiger charge is -2.39. The first-order valence-corrected chi connectivity index (χ1v) is 10.6. The second-order valence-corrected chi connectivity index (χ2v) is 8.49. The maximum Gasteiger partial charge on any atom is 0.416 e. The molecule has 6 nitrogen and oxygen atoms in total. The zero-order chi connectivity index (χ0) is 22.1. The second-order valence-electron chi connectivity index (χ2n) is 8.49. The van der Waals surface area contributed by atoms with Gasteiger partial charge in [0, 0.05) is 39.4 Å². The lowest BCUT2D eigenvalue weighted by atomic mass is 9.88. The molecule has 2 saturated heterocycles. The molecular formula is C22H27F3N4O2. The molecule has 0 radical (unpaired) electrons. The first-order valence-electron chi connectivity index (χ1n) is 10.6. The van der Waals surface area contributed by atoms with Crippen molar-refractivity contribution < 1.29 is 22.7 Å². The van der Waals surface area contributed by atoms with Crippen LogP contribution in [0.2, 0.25) is 0 Å². The number of aromatic nitrogens is 2. The minimum absolute atomic E-state index is 0.0211. The minimum Gasteiger partial charge on any atom is -0.370 e. The highest BCUT2D eigenvalue weighted by molar-refractivity contribution is 5.92. The molecule has 31 heavy (non-hydrogen) atoms. The third-order valence-electron chi connectivity index (χ3n) is 6.31. The van der Waals surface area contributed by atoms with Crippen LogP contribution in [0.15, 0.2) is 36.5 Å². The number of alkyl halides is 3. The Morgan fingerprint density at radius 2 is 2.03 bits per heavy atom. The molecule has 1 spiro atoms. The number of rotatable bonds is 5. The fourth-order valence-electron chi connectivity index (χ4n) is 4.52. The van der Waals surface area contributed by atoms with E-state index in [4.69, 9.17) is 4.74 Å².